The summed E-state index contributed by atoms with van der Waals surface area (Å²) in [6, 6.07) is 1.84. The van der Waals surface area contributed by atoms with Crippen molar-refractivity contribution in [2.24, 2.45) is 11.3 Å². The van der Waals surface area contributed by atoms with Crippen molar-refractivity contribution in [2.45, 2.75) is 57.0 Å². The summed E-state index contributed by atoms with van der Waals surface area (Å²) < 4.78 is 0. The van der Waals surface area contributed by atoms with E-state index in [0.717, 1.165) is 23.4 Å². The fraction of sp³-hybridized carbons (Fsp3) is 1.00. The van der Waals surface area contributed by atoms with E-state index >= 15 is 0 Å². The Bertz CT molecular complexity index is 239. The van der Waals surface area contributed by atoms with E-state index in [2.05, 4.69) is 27.9 Å². The molecule has 1 saturated carbocycles. The Labute approximate surface area is 102 Å². The topological polar surface area (TPSA) is 3.24 Å². The molecule has 15 heavy (non-hydrogen) atoms. The normalized spacial score (nSPS) is 50.4. The second-order valence-corrected chi connectivity index (χ2v) is 6.71. The van der Waals surface area contributed by atoms with Crippen molar-refractivity contribution >= 4 is 15.9 Å². The van der Waals surface area contributed by atoms with Crippen LogP contribution in [0.25, 0.3) is 0 Å². The maximum absolute atomic E-state index is 3.75. The van der Waals surface area contributed by atoms with Crippen molar-refractivity contribution in [2.75, 3.05) is 12.4 Å². The molecule has 0 N–H and O–H groups in total. The molecule has 3 rings (SSSR count). The van der Waals surface area contributed by atoms with E-state index in [1.54, 1.807) is 0 Å². The molecule has 3 atom stereocenters. The smallest absolute Gasteiger partial charge is 0.0101 e. The molecule has 0 radical (unpaired) electrons. The summed E-state index contributed by atoms with van der Waals surface area (Å²) in [6.07, 6.45) is 10.4. The van der Waals surface area contributed by atoms with Crippen molar-refractivity contribution in [3.05, 3.63) is 0 Å². The predicted molar refractivity (Wildman–Crippen MR) is 67.4 cm³/mol. The standard InChI is InChI=1S/C13H22BrN/c1-15-11-4-5-12(15)8-13(7-11)6-2-3-10(13)9-14/h10-12H,2-9H2,1H3. The van der Waals surface area contributed by atoms with Gasteiger partial charge in [0.1, 0.15) is 0 Å². The monoisotopic (exact) mass is 271 g/mol. The van der Waals surface area contributed by atoms with Crippen LogP contribution in [0.2, 0.25) is 0 Å². The van der Waals surface area contributed by atoms with Crippen LogP contribution in [0.1, 0.15) is 44.9 Å². The first-order chi connectivity index (χ1) is 7.25. The van der Waals surface area contributed by atoms with Crippen LogP contribution in [0.3, 0.4) is 0 Å². The number of hydrogen-bond donors (Lipinski definition) is 0. The molecule has 0 aromatic carbocycles. The number of halogens is 1. The van der Waals surface area contributed by atoms with Crippen LogP contribution in [0.15, 0.2) is 0 Å². The van der Waals surface area contributed by atoms with Gasteiger partial charge in [-0.05, 0) is 56.9 Å². The summed E-state index contributed by atoms with van der Waals surface area (Å²) in [4.78, 5) is 2.68. The largest absolute Gasteiger partial charge is 0.300 e. The van der Waals surface area contributed by atoms with Crippen molar-refractivity contribution in [1.82, 2.24) is 4.90 Å². The van der Waals surface area contributed by atoms with Crippen molar-refractivity contribution in [3.63, 3.8) is 0 Å². The Balaban J connectivity index is 1.83. The first-order valence-electron chi connectivity index (χ1n) is 6.53. The summed E-state index contributed by atoms with van der Waals surface area (Å²) in [6.45, 7) is 0. The molecule has 0 aromatic rings. The van der Waals surface area contributed by atoms with Gasteiger partial charge in [0.2, 0.25) is 0 Å². The van der Waals surface area contributed by atoms with Gasteiger partial charge in [-0.1, -0.05) is 22.4 Å². The number of alkyl halides is 1. The average molecular weight is 272 g/mol. The lowest BCUT2D eigenvalue weighted by molar-refractivity contribution is 0.0381. The molecule has 3 fully saturated rings. The van der Waals surface area contributed by atoms with Gasteiger partial charge in [-0.2, -0.15) is 0 Å². The Kier molecular flexibility index (Phi) is 2.63. The third-order valence-corrected chi connectivity index (χ3v) is 6.33. The highest BCUT2D eigenvalue weighted by Crippen LogP contribution is 2.56. The zero-order valence-corrected chi connectivity index (χ0v) is 11.3. The van der Waals surface area contributed by atoms with E-state index in [1.165, 1.54) is 50.3 Å². The van der Waals surface area contributed by atoms with Gasteiger partial charge < -0.3 is 4.90 Å². The molecule has 2 saturated heterocycles. The highest BCUT2D eigenvalue weighted by molar-refractivity contribution is 9.09. The van der Waals surface area contributed by atoms with Crippen molar-refractivity contribution in [3.8, 4) is 0 Å². The second-order valence-electron chi connectivity index (χ2n) is 6.06. The van der Waals surface area contributed by atoms with Gasteiger partial charge in [0.25, 0.3) is 0 Å². The lowest BCUT2D eigenvalue weighted by atomic mass is 9.69. The Hall–Kier alpha value is 0.440. The third-order valence-electron chi connectivity index (χ3n) is 5.55. The molecule has 1 spiro atoms. The van der Waals surface area contributed by atoms with Crippen LogP contribution in [0.4, 0.5) is 0 Å². The maximum atomic E-state index is 3.75. The molecule has 0 aromatic heterocycles. The molecule has 86 valence electrons. The van der Waals surface area contributed by atoms with Crippen LogP contribution in [-0.2, 0) is 0 Å². The molecule has 2 heteroatoms. The number of hydrogen-bond acceptors (Lipinski definition) is 1. The molecule has 3 aliphatic rings. The van der Waals surface area contributed by atoms with E-state index in [0.29, 0.717) is 0 Å². The van der Waals surface area contributed by atoms with Crippen LogP contribution < -0.4 is 0 Å². The maximum Gasteiger partial charge on any atom is 0.0101 e. The average Bonchev–Trinajstić information content (AvgIpc) is 2.68. The highest BCUT2D eigenvalue weighted by Gasteiger charge is 2.51. The minimum Gasteiger partial charge on any atom is -0.300 e. The van der Waals surface area contributed by atoms with Gasteiger partial charge in [0.05, 0.1) is 0 Å². The Morgan fingerprint density at radius 3 is 2.47 bits per heavy atom. The minimum atomic E-state index is 0.738. The van der Waals surface area contributed by atoms with E-state index in [1.807, 2.05) is 0 Å². The first-order valence-corrected chi connectivity index (χ1v) is 7.65. The summed E-state index contributed by atoms with van der Waals surface area (Å²) in [5, 5.41) is 1.25. The summed E-state index contributed by atoms with van der Waals surface area (Å²) in [5.41, 5.74) is 0.738. The molecule has 1 aliphatic carbocycles. The summed E-state index contributed by atoms with van der Waals surface area (Å²) >= 11 is 3.75. The molecule has 2 bridgehead atoms. The second kappa shape index (κ2) is 3.73. The van der Waals surface area contributed by atoms with Crippen molar-refractivity contribution in [1.29, 1.82) is 0 Å². The van der Waals surface area contributed by atoms with E-state index in [-0.39, 0.29) is 0 Å². The van der Waals surface area contributed by atoms with Crippen LogP contribution >= 0.6 is 15.9 Å². The molecule has 3 unspecified atom stereocenters. The lowest BCUT2D eigenvalue weighted by Crippen LogP contribution is -2.47. The Morgan fingerprint density at radius 1 is 1.20 bits per heavy atom. The predicted octanol–water partition coefficient (Wildman–Crippen LogP) is 3.42. The van der Waals surface area contributed by atoms with Gasteiger partial charge in [0.15, 0.2) is 0 Å². The van der Waals surface area contributed by atoms with E-state index < -0.39 is 0 Å². The third kappa shape index (κ3) is 1.51. The number of rotatable bonds is 1. The summed E-state index contributed by atoms with van der Waals surface area (Å²) in [7, 11) is 2.35. The molecular formula is C13H22BrN. The molecule has 1 nitrogen and oxygen atoms in total. The van der Waals surface area contributed by atoms with Crippen LogP contribution in [0, 0.1) is 11.3 Å². The quantitative estimate of drug-likeness (QED) is 0.661. The Morgan fingerprint density at radius 2 is 1.87 bits per heavy atom. The zero-order valence-electron chi connectivity index (χ0n) is 9.71. The lowest BCUT2D eigenvalue weighted by Gasteiger charge is -2.46. The van der Waals surface area contributed by atoms with Crippen LogP contribution in [-0.4, -0.2) is 29.4 Å². The van der Waals surface area contributed by atoms with Gasteiger partial charge >= 0.3 is 0 Å². The van der Waals surface area contributed by atoms with E-state index in [4.69, 9.17) is 0 Å². The number of fused-ring (bicyclic) bond motifs is 2. The molecule has 2 heterocycles. The van der Waals surface area contributed by atoms with Crippen molar-refractivity contribution < 1.29 is 0 Å². The SMILES string of the molecule is CN1C2CCC1CC1(CCCC1CBr)C2. The minimum absolute atomic E-state index is 0.738. The fourth-order valence-corrected chi connectivity index (χ4v) is 5.60. The molecule has 0 amide bonds. The zero-order chi connectivity index (χ0) is 10.5. The van der Waals surface area contributed by atoms with Crippen LogP contribution in [0.5, 0.6) is 0 Å². The fourth-order valence-electron chi connectivity index (χ4n) is 4.59. The summed E-state index contributed by atoms with van der Waals surface area (Å²) in [5.74, 6) is 0.981. The first kappa shape index (κ1) is 10.6. The number of piperidine rings is 1. The molecular weight excluding hydrogens is 250 g/mol. The molecule has 2 aliphatic heterocycles. The number of nitrogens with zero attached hydrogens (tertiary/aromatic N) is 1. The highest BCUT2D eigenvalue weighted by atomic mass is 79.9. The van der Waals surface area contributed by atoms with Gasteiger partial charge in [-0.3, -0.25) is 0 Å². The van der Waals surface area contributed by atoms with E-state index in [9.17, 15) is 0 Å². The van der Waals surface area contributed by atoms with Gasteiger partial charge in [-0.15, -0.1) is 0 Å². The van der Waals surface area contributed by atoms with Gasteiger partial charge in [0, 0.05) is 17.4 Å². The van der Waals surface area contributed by atoms with Gasteiger partial charge in [-0.25, -0.2) is 0 Å².